The highest BCUT2D eigenvalue weighted by Crippen LogP contribution is 2.31. The van der Waals surface area contributed by atoms with Crippen molar-refractivity contribution in [2.24, 2.45) is 0 Å². The molecule has 0 bridgehead atoms. The number of hydrogen-bond acceptors (Lipinski definition) is 5. The highest BCUT2D eigenvalue weighted by atomic mass is 35.5. The molecule has 0 saturated heterocycles. The summed E-state index contributed by atoms with van der Waals surface area (Å²) in [5.74, 6) is 0.987. The highest BCUT2D eigenvalue weighted by molar-refractivity contribution is 6.31. The van der Waals surface area contributed by atoms with Gasteiger partial charge < -0.3 is 14.7 Å². The first kappa shape index (κ1) is 12.0. The fourth-order valence-electron chi connectivity index (χ4n) is 1.10. The molecule has 15 heavy (non-hydrogen) atoms. The molecule has 0 radical (unpaired) electrons. The summed E-state index contributed by atoms with van der Waals surface area (Å²) >= 11 is 5.86. The molecular formula is C9H14ClN3O2. The Morgan fingerprint density at radius 1 is 1.60 bits per heavy atom. The van der Waals surface area contributed by atoms with E-state index in [2.05, 4.69) is 9.97 Å². The largest absolute Gasteiger partial charge is 0.490 e. The molecule has 6 heteroatoms. The zero-order valence-electron chi connectivity index (χ0n) is 8.94. The van der Waals surface area contributed by atoms with Gasteiger partial charge in [0.25, 0.3) is 0 Å². The third-order valence-electron chi connectivity index (χ3n) is 2.21. The minimum atomic E-state index is -0.0649. The number of ether oxygens (including phenoxy) is 1. The van der Waals surface area contributed by atoms with Crippen LogP contribution in [-0.2, 0) is 0 Å². The number of rotatable bonds is 4. The van der Waals surface area contributed by atoms with E-state index >= 15 is 0 Å². The van der Waals surface area contributed by atoms with Crippen LogP contribution in [0.5, 0.6) is 5.75 Å². The molecular weight excluding hydrogens is 218 g/mol. The van der Waals surface area contributed by atoms with E-state index in [4.69, 9.17) is 21.4 Å². The molecule has 84 valence electrons. The van der Waals surface area contributed by atoms with Crippen molar-refractivity contribution in [1.29, 1.82) is 0 Å². The van der Waals surface area contributed by atoms with Gasteiger partial charge in [0.1, 0.15) is 6.33 Å². The topological polar surface area (TPSA) is 58.5 Å². The number of anilines is 1. The quantitative estimate of drug-likeness (QED) is 0.783. The Kier molecular flexibility index (Phi) is 4.11. The fourth-order valence-corrected chi connectivity index (χ4v) is 1.31. The Hall–Kier alpha value is -1.07. The predicted molar refractivity (Wildman–Crippen MR) is 58.5 cm³/mol. The van der Waals surface area contributed by atoms with Gasteiger partial charge in [-0.15, -0.1) is 0 Å². The van der Waals surface area contributed by atoms with Crippen molar-refractivity contribution in [2.45, 2.75) is 13.0 Å². The molecule has 0 spiro atoms. The third kappa shape index (κ3) is 2.49. The molecule has 1 aromatic heterocycles. The van der Waals surface area contributed by atoms with E-state index in [1.54, 1.807) is 4.90 Å². The number of hydrogen-bond donors (Lipinski definition) is 1. The second kappa shape index (κ2) is 5.14. The number of aliphatic hydroxyl groups excluding tert-OH is 1. The Balaban J connectivity index is 3.07. The first-order valence-corrected chi connectivity index (χ1v) is 4.87. The first-order valence-electron chi connectivity index (χ1n) is 4.50. The van der Waals surface area contributed by atoms with Gasteiger partial charge in [0.05, 0.1) is 19.8 Å². The molecule has 1 aromatic rings. The molecule has 5 nitrogen and oxygen atoms in total. The van der Waals surface area contributed by atoms with E-state index in [1.165, 1.54) is 13.4 Å². The van der Waals surface area contributed by atoms with E-state index in [0.29, 0.717) is 11.6 Å². The maximum Gasteiger partial charge on any atom is 0.199 e. The summed E-state index contributed by atoms with van der Waals surface area (Å²) in [6, 6.07) is -0.0649. The molecule has 0 aliphatic heterocycles. The van der Waals surface area contributed by atoms with Crippen molar-refractivity contribution in [3.8, 4) is 5.75 Å². The summed E-state index contributed by atoms with van der Waals surface area (Å²) in [5, 5.41) is 9.30. The maximum atomic E-state index is 9.04. The highest BCUT2D eigenvalue weighted by Gasteiger charge is 2.17. The van der Waals surface area contributed by atoms with Gasteiger partial charge in [-0.3, -0.25) is 0 Å². The molecule has 0 fully saturated rings. The van der Waals surface area contributed by atoms with E-state index < -0.39 is 0 Å². The lowest BCUT2D eigenvalue weighted by molar-refractivity contribution is 0.269. The molecule has 0 saturated carbocycles. The Morgan fingerprint density at radius 3 is 2.80 bits per heavy atom. The van der Waals surface area contributed by atoms with Crippen molar-refractivity contribution in [3.05, 3.63) is 11.5 Å². The van der Waals surface area contributed by atoms with Crippen molar-refractivity contribution < 1.29 is 9.84 Å². The van der Waals surface area contributed by atoms with E-state index in [9.17, 15) is 0 Å². The zero-order valence-corrected chi connectivity index (χ0v) is 9.69. The van der Waals surface area contributed by atoms with Gasteiger partial charge in [-0.25, -0.2) is 9.97 Å². The zero-order chi connectivity index (χ0) is 11.4. The average molecular weight is 232 g/mol. The predicted octanol–water partition coefficient (Wildman–Crippen LogP) is 0.956. The minimum absolute atomic E-state index is 0.0290. The average Bonchev–Trinajstić information content (AvgIpc) is 2.26. The second-order valence-electron chi connectivity index (χ2n) is 3.16. The monoisotopic (exact) mass is 231 g/mol. The first-order chi connectivity index (χ1) is 7.11. The summed E-state index contributed by atoms with van der Waals surface area (Å²) in [6.45, 7) is 1.90. The van der Waals surface area contributed by atoms with Gasteiger partial charge in [0.15, 0.2) is 16.7 Å². The Morgan fingerprint density at radius 2 is 2.27 bits per heavy atom. The fraction of sp³-hybridized carbons (Fsp3) is 0.556. The van der Waals surface area contributed by atoms with Crippen molar-refractivity contribution >= 4 is 17.4 Å². The van der Waals surface area contributed by atoms with Gasteiger partial charge >= 0.3 is 0 Å². The lowest BCUT2D eigenvalue weighted by Crippen LogP contribution is -2.32. The summed E-state index contributed by atoms with van der Waals surface area (Å²) in [6.07, 6.45) is 1.36. The SMILES string of the molecule is COc1c(Cl)ncnc1N(C)C(C)CO. The van der Waals surface area contributed by atoms with Gasteiger partial charge in [-0.05, 0) is 6.92 Å². The minimum Gasteiger partial charge on any atom is -0.490 e. The molecule has 1 N–H and O–H groups in total. The second-order valence-corrected chi connectivity index (χ2v) is 3.52. The van der Waals surface area contributed by atoms with Crippen LogP contribution in [-0.4, -0.2) is 41.9 Å². The van der Waals surface area contributed by atoms with Crippen molar-refractivity contribution in [2.75, 3.05) is 25.7 Å². The molecule has 1 atom stereocenters. The number of likely N-dealkylation sites (N-methyl/N-ethyl adjacent to an activating group) is 1. The number of nitrogens with zero attached hydrogens (tertiary/aromatic N) is 3. The number of halogens is 1. The normalized spacial score (nSPS) is 12.3. The third-order valence-corrected chi connectivity index (χ3v) is 2.47. The Labute approximate surface area is 93.7 Å². The van der Waals surface area contributed by atoms with Crippen LogP contribution in [0.1, 0.15) is 6.92 Å². The van der Waals surface area contributed by atoms with E-state index in [0.717, 1.165) is 0 Å². The van der Waals surface area contributed by atoms with Crippen LogP contribution < -0.4 is 9.64 Å². The molecule has 0 aromatic carbocycles. The summed E-state index contributed by atoms with van der Waals surface area (Å²) < 4.78 is 5.11. The summed E-state index contributed by atoms with van der Waals surface area (Å²) in [4.78, 5) is 9.68. The lowest BCUT2D eigenvalue weighted by atomic mass is 10.3. The smallest absolute Gasteiger partial charge is 0.199 e. The summed E-state index contributed by atoms with van der Waals surface area (Å²) in [5.41, 5.74) is 0. The maximum absolute atomic E-state index is 9.04. The van der Waals surface area contributed by atoms with Gasteiger partial charge in [-0.1, -0.05) is 11.6 Å². The van der Waals surface area contributed by atoms with Gasteiger partial charge in [0.2, 0.25) is 0 Å². The van der Waals surface area contributed by atoms with E-state index in [-0.39, 0.29) is 17.8 Å². The molecule has 0 amide bonds. The number of aliphatic hydroxyl groups is 1. The Bertz CT molecular complexity index is 335. The molecule has 1 rings (SSSR count). The van der Waals surface area contributed by atoms with E-state index in [1.807, 2.05) is 14.0 Å². The van der Waals surface area contributed by atoms with Crippen LogP contribution in [0.2, 0.25) is 5.15 Å². The molecule has 1 heterocycles. The molecule has 1 unspecified atom stereocenters. The van der Waals surface area contributed by atoms with Crippen LogP contribution >= 0.6 is 11.6 Å². The van der Waals surface area contributed by atoms with Crippen LogP contribution in [0.4, 0.5) is 5.82 Å². The van der Waals surface area contributed by atoms with Crippen LogP contribution in [0.25, 0.3) is 0 Å². The number of aromatic nitrogens is 2. The molecule has 0 aliphatic rings. The summed E-state index contributed by atoms with van der Waals surface area (Å²) in [7, 11) is 3.31. The standard InChI is InChI=1S/C9H14ClN3O2/c1-6(4-14)13(2)9-7(15-3)8(10)11-5-12-9/h5-6,14H,4H2,1-3H3. The number of methoxy groups -OCH3 is 1. The van der Waals surface area contributed by atoms with Crippen molar-refractivity contribution in [3.63, 3.8) is 0 Å². The lowest BCUT2D eigenvalue weighted by Gasteiger charge is -2.25. The van der Waals surface area contributed by atoms with Crippen LogP contribution in [0.15, 0.2) is 6.33 Å². The van der Waals surface area contributed by atoms with Gasteiger partial charge in [-0.2, -0.15) is 0 Å². The van der Waals surface area contributed by atoms with Crippen molar-refractivity contribution in [1.82, 2.24) is 9.97 Å². The van der Waals surface area contributed by atoms with Crippen LogP contribution in [0, 0.1) is 0 Å². The van der Waals surface area contributed by atoms with Gasteiger partial charge in [0, 0.05) is 7.05 Å². The molecule has 0 aliphatic carbocycles. The van der Waals surface area contributed by atoms with Crippen LogP contribution in [0.3, 0.4) is 0 Å².